The topological polar surface area (TPSA) is 43.7 Å². The molecule has 0 spiro atoms. The van der Waals surface area contributed by atoms with E-state index in [0.717, 1.165) is 37.9 Å². The Labute approximate surface area is 150 Å². The van der Waals surface area contributed by atoms with E-state index in [4.69, 9.17) is 0 Å². The maximum atomic E-state index is 11.5. The van der Waals surface area contributed by atoms with Gasteiger partial charge in [0, 0.05) is 19.0 Å². The normalized spacial score (nSPS) is 19.0. The summed E-state index contributed by atoms with van der Waals surface area (Å²) in [7, 11) is 0. The van der Waals surface area contributed by atoms with Gasteiger partial charge in [0.2, 0.25) is 0 Å². The number of aromatic hydroxyl groups is 1. The molecule has 0 bridgehead atoms. The zero-order valence-electron chi connectivity index (χ0n) is 15.2. The summed E-state index contributed by atoms with van der Waals surface area (Å²) in [5.41, 5.74) is 1.28. The van der Waals surface area contributed by atoms with Gasteiger partial charge in [0.1, 0.15) is 11.5 Å². The highest BCUT2D eigenvalue weighted by molar-refractivity contribution is 5.30. The van der Waals surface area contributed by atoms with Gasteiger partial charge in [-0.2, -0.15) is 0 Å². The highest BCUT2D eigenvalue weighted by atomic mass is 16.3. The van der Waals surface area contributed by atoms with Gasteiger partial charge in [-0.1, -0.05) is 56.3 Å². The first-order valence-electron chi connectivity index (χ1n) is 9.31. The van der Waals surface area contributed by atoms with E-state index < -0.39 is 5.72 Å². The molecule has 1 fully saturated rings. The van der Waals surface area contributed by atoms with Crippen LogP contribution in [0.25, 0.3) is 0 Å². The quantitative estimate of drug-likeness (QED) is 0.860. The van der Waals surface area contributed by atoms with Crippen molar-refractivity contribution >= 4 is 0 Å². The molecule has 3 heteroatoms. The first kappa shape index (κ1) is 18.0. The van der Waals surface area contributed by atoms with Crippen LogP contribution in [0, 0.1) is 11.8 Å². The van der Waals surface area contributed by atoms with E-state index in [9.17, 15) is 10.2 Å². The molecule has 0 aromatic heterocycles. The molecule has 1 atom stereocenters. The number of phenols is 1. The largest absolute Gasteiger partial charge is 0.508 e. The number of hydrogen-bond donors (Lipinski definition) is 2. The Morgan fingerprint density at radius 2 is 1.60 bits per heavy atom. The lowest BCUT2D eigenvalue weighted by atomic mass is 9.84. The van der Waals surface area contributed by atoms with Gasteiger partial charge in [-0.3, -0.25) is 4.90 Å². The van der Waals surface area contributed by atoms with E-state index >= 15 is 0 Å². The average Bonchev–Trinajstić information content (AvgIpc) is 2.63. The molecule has 0 amide bonds. The van der Waals surface area contributed by atoms with Crippen molar-refractivity contribution < 1.29 is 10.2 Å². The van der Waals surface area contributed by atoms with Crippen LogP contribution >= 0.6 is 0 Å². The van der Waals surface area contributed by atoms with Gasteiger partial charge >= 0.3 is 0 Å². The summed E-state index contributed by atoms with van der Waals surface area (Å²) in [6, 6.07) is 17.7. The molecular formula is C22H29NO2. The molecule has 3 nitrogen and oxygen atoms in total. The van der Waals surface area contributed by atoms with Crippen molar-refractivity contribution in [2.75, 3.05) is 13.1 Å². The van der Waals surface area contributed by atoms with Crippen molar-refractivity contribution in [2.24, 2.45) is 11.8 Å². The molecule has 134 valence electrons. The zero-order chi connectivity index (χ0) is 17.9. The number of phenolic OH excluding ortho intramolecular Hbond substituents is 1. The average molecular weight is 339 g/mol. The molecule has 1 heterocycles. The van der Waals surface area contributed by atoms with Crippen LogP contribution < -0.4 is 0 Å². The smallest absolute Gasteiger partial charge is 0.146 e. The SMILES string of the molecule is CC(C)[C@@](O)(c1ccc(O)cc1)N1CCC(Cc2ccccc2)CC1. The first-order valence-corrected chi connectivity index (χ1v) is 9.31. The zero-order valence-corrected chi connectivity index (χ0v) is 15.2. The molecule has 0 saturated carbocycles. The minimum Gasteiger partial charge on any atom is -0.508 e. The van der Waals surface area contributed by atoms with E-state index in [2.05, 4.69) is 49.1 Å². The molecule has 0 unspecified atom stereocenters. The molecule has 2 aromatic carbocycles. The minimum atomic E-state index is -0.981. The molecule has 1 aliphatic rings. The molecule has 2 aromatic rings. The van der Waals surface area contributed by atoms with Gasteiger partial charge in [0.25, 0.3) is 0 Å². The third-order valence-electron chi connectivity index (χ3n) is 5.56. The standard InChI is InChI=1S/C22H29NO2/c1-17(2)22(25,20-8-10-21(24)11-9-20)23-14-12-19(13-15-23)16-18-6-4-3-5-7-18/h3-11,17,19,24-25H,12-16H2,1-2H3/t22-/m1/s1. The molecule has 0 radical (unpaired) electrons. The molecule has 1 saturated heterocycles. The lowest BCUT2D eigenvalue weighted by Gasteiger charge is -2.46. The lowest BCUT2D eigenvalue weighted by molar-refractivity contribution is -0.160. The fourth-order valence-electron chi connectivity index (χ4n) is 4.01. The fraction of sp³-hybridized carbons (Fsp3) is 0.455. The van der Waals surface area contributed by atoms with Crippen molar-refractivity contribution in [3.63, 3.8) is 0 Å². The number of nitrogens with zero attached hydrogens (tertiary/aromatic N) is 1. The Hall–Kier alpha value is -1.84. The van der Waals surface area contributed by atoms with Crippen LogP contribution in [-0.2, 0) is 12.1 Å². The number of likely N-dealkylation sites (tertiary alicyclic amines) is 1. The summed E-state index contributed by atoms with van der Waals surface area (Å²) in [6.07, 6.45) is 3.32. The predicted molar refractivity (Wildman–Crippen MR) is 101 cm³/mol. The lowest BCUT2D eigenvalue weighted by Crippen LogP contribution is -2.53. The maximum absolute atomic E-state index is 11.5. The number of rotatable bonds is 5. The summed E-state index contributed by atoms with van der Waals surface area (Å²) in [4.78, 5) is 2.21. The van der Waals surface area contributed by atoms with Crippen molar-refractivity contribution in [3.8, 4) is 5.75 Å². The van der Waals surface area contributed by atoms with Crippen LogP contribution in [0.15, 0.2) is 54.6 Å². The van der Waals surface area contributed by atoms with Crippen molar-refractivity contribution in [2.45, 2.75) is 38.8 Å². The van der Waals surface area contributed by atoms with Gasteiger partial charge in [0.05, 0.1) is 0 Å². The van der Waals surface area contributed by atoms with Crippen molar-refractivity contribution in [3.05, 3.63) is 65.7 Å². The van der Waals surface area contributed by atoms with E-state index in [0.29, 0.717) is 5.92 Å². The van der Waals surface area contributed by atoms with Gasteiger partial charge in [0.15, 0.2) is 0 Å². The molecule has 2 N–H and O–H groups in total. The van der Waals surface area contributed by atoms with Crippen molar-refractivity contribution in [1.82, 2.24) is 4.90 Å². The number of aliphatic hydroxyl groups is 1. The van der Waals surface area contributed by atoms with E-state index in [-0.39, 0.29) is 11.7 Å². The molecule has 3 rings (SSSR count). The van der Waals surface area contributed by atoms with Crippen LogP contribution in [0.3, 0.4) is 0 Å². The number of benzene rings is 2. The Morgan fingerprint density at radius 1 is 1.00 bits per heavy atom. The van der Waals surface area contributed by atoms with Crippen LogP contribution in [0.2, 0.25) is 0 Å². The molecule has 1 aliphatic heterocycles. The van der Waals surface area contributed by atoms with Crippen LogP contribution in [0.5, 0.6) is 5.75 Å². The third kappa shape index (κ3) is 3.88. The number of hydrogen-bond acceptors (Lipinski definition) is 3. The Balaban J connectivity index is 1.69. The first-order chi connectivity index (χ1) is 12.0. The van der Waals surface area contributed by atoms with Crippen LogP contribution in [-0.4, -0.2) is 28.2 Å². The summed E-state index contributed by atoms with van der Waals surface area (Å²) in [6.45, 7) is 5.91. The van der Waals surface area contributed by atoms with Crippen LogP contribution in [0.1, 0.15) is 37.8 Å². The van der Waals surface area contributed by atoms with Gasteiger partial charge < -0.3 is 10.2 Å². The Morgan fingerprint density at radius 3 is 2.16 bits per heavy atom. The van der Waals surface area contributed by atoms with Gasteiger partial charge in [-0.25, -0.2) is 0 Å². The third-order valence-corrected chi connectivity index (χ3v) is 5.56. The minimum absolute atomic E-state index is 0.0720. The second-order valence-corrected chi connectivity index (χ2v) is 7.55. The van der Waals surface area contributed by atoms with Gasteiger partial charge in [-0.15, -0.1) is 0 Å². The maximum Gasteiger partial charge on any atom is 0.146 e. The predicted octanol–water partition coefficient (Wildman–Crippen LogP) is 4.15. The van der Waals surface area contributed by atoms with E-state index in [1.54, 1.807) is 12.1 Å². The highest BCUT2D eigenvalue weighted by Crippen LogP contribution is 2.37. The number of piperidine rings is 1. The fourth-order valence-corrected chi connectivity index (χ4v) is 4.01. The summed E-state index contributed by atoms with van der Waals surface area (Å²) in [5, 5.41) is 21.0. The van der Waals surface area contributed by atoms with E-state index in [1.165, 1.54) is 5.56 Å². The van der Waals surface area contributed by atoms with Crippen LogP contribution in [0.4, 0.5) is 0 Å². The molecule has 0 aliphatic carbocycles. The van der Waals surface area contributed by atoms with Crippen molar-refractivity contribution in [1.29, 1.82) is 0 Å². The van der Waals surface area contributed by atoms with E-state index in [1.807, 2.05) is 12.1 Å². The summed E-state index contributed by atoms with van der Waals surface area (Å²) < 4.78 is 0. The highest BCUT2D eigenvalue weighted by Gasteiger charge is 2.41. The Bertz CT molecular complexity index is 660. The molecule has 25 heavy (non-hydrogen) atoms. The van der Waals surface area contributed by atoms with Gasteiger partial charge in [-0.05, 0) is 48.4 Å². The Kier molecular flexibility index (Phi) is 5.45. The second-order valence-electron chi connectivity index (χ2n) is 7.55. The molecular weight excluding hydrogens is 310 g/mol. The second kappa shape index (κ2) is 7.59. The summed E-state index contributed by atoms with van der Waals surface area (Å²) in [5.74, 6) is 0.981. The monoisotopic (exact) mass is 339 g/mol. The summed E-state index contributed by atoms with van der Waals surface area (Å²) >= 11 is 0.